The largest absolute Gasteiger partial charge is 0.386 e. The number of allylic oxidation sites excluding steroid dienone is 1. The second-order valence-electron chi connectivity index (χ2n) is 4.80. The van der Waals surface area contributed by atoms with Crippen LogP contribution in [0.25, 0.3) is 0 Å². The van der Waals surface area contributed by atoms with E-state index in [-0.39, 0.29) is 11.7 Å². The van der Waals surface area contributed by atoms with E-state index in [0.717, 1.165) is 0 Å². The molecule has 0 saturated heterocycles. The monoisotopic (exact) mass is 182 g/mol. The topological polar surface area (TPSA) is 37.3 Å². The van der Waals surface area contributed by atoms with Crippen LogP contribution in [0.15, 0.2) is 12.2 Å². The van der Waals surface area contributed by atoms with E-state index in [1.54, 1.807) is 13.0 Å². The van der Waals surface area contributed by atoms with Gasteiger partial charge in [0.1, 0.15) is 5.78 Å². The Bertz CT molecular complexity index is 251. The fraction of sp³-hybridized carbons (Fsp3) is 0.727. The Morgan fingerprint density at radius 1 is 1.38 bits per heavy atom. The standard InChI is InChI=1S/C11H18O2/c1-8(2)9(12)10(3)5-6-11(4,13)7-10/h5-6,8,13H,7H2,1-4H3. The first-order chi connectivity index (χ1) is 5.77. The third-order valence-corrected chi connectivity index (χ3v) is 2.62. The quantitative estimate of drug-likeness (QED) is 0.662. The Kier molecular flexibility index (Phi) is 2.37. The molecule has 74 valence electrons. The van der Waals surface area contributed by atoms with Gasteiger partial charge in [0.05, 0.1) is 5.60 Å². The molecule has 1 rings (SSSR count). The summed E-state index contributed by atoms with van der Waals surface area (Å²) in [7, 11) is 0. The summed E-state index contributed by atoms with van der Waals surface area (Å²) < 4.78 is 0. The van der Waals surface area contributed by atoms with Crippen LogP contribution < -0.4 is 0 Å². The molecular formula is C11H18O2. The average Bonchev–Trinajstić information content (AvgIpc) is 2.25. The molecule has 0 spiro atoms. The third-order valence-electron chi connectivity index (χ3n) is 2.62. The summed E-state index contributed by atoms with van der Waals surface area (Å²) in [6.45, 7) is 7.43. The molecule has 0 fully saturated rings. The summed E-state index contributed by atoms with van der Waals surface area (Å²) in [5, 5.41) is 9.72. The van der Waals surface area contributed by atoms with Gasteiger partial charge >= 0.3 is 0 Å². The average molecular weight is 182 g/mol. The van der Waals surface area contributed by atoms with Crippen LogP contribution in [-0.2, 0) is 4.79 Å². The molecule has 0 aliphatic heterocycles. The van der Waals surface area contributed by atoms with Crippen LogP contribution >= 0.6 is 0 Å². The highest BCUT2D eigenvalue weighted by Crippen LogP contribution is 2.39. The van der Waals surface area contributed by atoms with Crippen molar-refractivity contribution in [2.45, 2.75) is 39.7 Å². The Labute approximate surface area is 79.6 Å². The lowest BCUT2D eigenvalue weighted by Crippen LogP contribution is -2.32. The maximum absolute atomic E-state index is 11.8. The number of aliphatic hydroxyl groups is 1. The molecule has 1 N–H and O–H groups in total. The van der Waals surface area contributed by atoms with Crippen molar-refractivity contribution < 1.29 is 9.90 Å². The zero-order chi connectivity index (χ0) is 10.3. The molecule has 0 aromatic carbocycles. The number of hydrogen-bond donors (Lipinski definition) is 1. The SMILES string of the molecule is CC(C)C(=O)C1(C)C=CC(C)(O)C1. The molecule has 0 radical (unpaired) electrons. The molecule has 1 aliphatic rings. The van der Waals surface area contributed by atoms with Crippen molar-refractivity contribution in [3.63, 3.8) is 0 Å². The summed E-state index contributed by atoms with van der Waals surface area (Å²) in [6.07, 6.45) is 4.08. The molecule has 0 aromatic heterocycles. The second kappa shape index (κ2) is 2.95. The van der Waals surface area contributed by atoms with E-state index in [1.807, 2.05) is 26.8 Å². The Hall–Kier alpha value is -0.630. The van der Waals surface area contributed by atoms with Gasteiger partial charge in [-0.2, -0.15) is 0 Å². The lowest BCUT2D eigenvalue weighted by molar-refractivity contribution is -0.130. The molecule has 2 nitrogen and oxygen atoms in total. The highest BCUT2D eigenvalue weighted by Gasteiger charge is 2.42. The van der Waals surface area contributed by atoms with Gasteiger partial charge in [-0.25, -0.2) is 0 Å². The van der Waals surface area contributed by atoms with E-state index in [4.69, 9.17) is 0 Å². The van der Waals surface area contributed by atoms with E-state index >= 15 is 0 Å². The number of hydrogen-bond acceptors (Lipinski definition) is 2. The lowest BCUT2D eigenvalue weighted by Gasteiger charge is -2.26. The number of carbonyl (C=O) groups excluding carboxylic acids is 1. The molecule has 0 aromatic rings. The maximum atomic E-state index is 11.8. The van der Waals surface area contributed by atoms with Crippen LogP contribution in [0.1, 0.15) is 34.1 Å². The van der Waals surface area contributed by atoms with Crippen LogP contribution in [-0.4, -0.2) is 16.5 Å². The van der Waals surface area contributed by atoms with Crippen molar-refractivity contribution in [1.29, 1.82) is 0 Å². The first-order valence-electron chi connectivity index (χ1n) is 4.74. The molecule has 2 atom stereocenters. The molecule has 1 aliphatic carbocycles. The van der Waals surface area contributed by atoms with Crippen molar-refractivity contribution in [2.24, 2.45) is 11.3 Å². The minimum atomic E-state index is -0.806. The van der Waals surface area contributed by atoms with E-state index < -0.39 is 11.0 Å². The molecule has 2 heteroatoms. The van der Waals surface area contributed by atoms with Gasteiger partial charge in [0.25, 0.3) is 0 Å². The first-order valence-corrected chi connectivity index (χ1v) is 4.74. The molecule has 0 saturated carbocycles. The summed E-state index contributed by atoms with van der Waals surface area (Å²) in [5.74, 6) is 0.241. The molecule has 0 heterocycles. The van der Waals surface area contributed by atoms with Crippen LogP contribution in [0.3, 0.4) is 0 Å². The fourth-order valence-electron chi connectivity index (χ4n) is 2.05. The molecule has 13 heavy (non-hydrogen) atoms. The smallest absolute Gasteiger partial charge is 0.145 e. The Morgan fingerprint density at radius 3 is 2.23 bits per heavy atom. The van der Waals surface area contributed by atoms with Gasteiger partial charge in [-0.05, 0) is 20.3 Å². The highest BCUT2D eigenvalue weighted by molar-refractivity contribution is 5.88. The van der Waals surface area contributed by atoms with E-state index in [2.05, 4.69) is 0 Å². The fourth-order valence-corrected chi connectivity index (χ4v) is 2.05. The van der Waals surface area contributed by atoms with Gasteiger partial charge in [-0.3, -0.25) is 4.79 Å². The molecule has 0 bridgehead atoms. The van der Waals surface area contributed by atoms with Crippen molar-refractivity contribution in [2.75, 3.05) is 0 Å². The zero-order valence-electron chi connectivity index (χ0n) is 8.79. The van der Waals surface area contributed by atoms with Gasteiger partial charge in [0.15, 0.2) is 0 Å². The predicted molar refractivity (Wildman–Crippen MR) is 52.3 cm³/mol. The van der Waals surface area contributed by atoms with Gasteiger partial charge in [0, 0.05) is 11.3 Å². The minimum absolute atomic E-state index is 0.0311. The summed E-state index contributed by atoms with van der Waals surface area (Å²) >= 11 is 0. The van der Waals surface area contributed by atoms with Gasteiger partial charge < -0.3 is 5.11 Å². The minimum Gasteiger partial charge on any atom is -0.386 e. The van der Waals surface area contributed by atoms with Crippen LogP contribution in [0.2, 0.25) is 0 Å². The summed E-state index contributed by atoms with van der Waals surface area (Å²) in [5.41, 5.74) is -1.27. The number of carbonyl (C=O) groups is 1. The van der Waals surface area contributed by atoms with E-state index in [1.165, 1.54) is 0 Å². The number of rotatable bonds is 2. The predicted octanol–water partition coefficient (Wildman–Crippen LogP) is 1.93. The third kappa shape index (κ3) is 1.99. The van der Waals surface area contributed by atoms with Gasteiger partial charge in [-0.15, -0.1) is 0 Å². The van der Waals surface area contributed by atoms with Crippen molar-refractivity contribution in [3.05, 3.63) is 12.2 Å². The molecule has 0 amide bonds. The second-order valence-corrected chi connectivity index (χ2v) is 4.80. The van der Waals surface area contributed by atoms with Crippen molar-refractivity contribution in [1.82, 2.24) is 0 Å². The van der Waals surface area contributed by atoms with Gasteiger partial charge in [0.2, 0.25) is 0 Å². The Morgan fingerprint density at radius 2 is 1.92 bits per heavy atom. The molecular weight excluding hydrogens is 164 g/mol. The van der Waals surface area contributed by atoms with E-state index in [0.29, 0.717) is 6.42 Å². The first kappa shape index (κ1) is 10.5. The lowest BCUT2D eigenvalue weighted by atomic mass is 9.78. The molecule has 2 unspecified atom stereocenters. The highest BCUT2D eigenvalue weighted by atomic mass is 16.3. The van der Waals surface area contributed by atoms with Crippen molar-refractivity contribution in [3.8, 4) is 0 Å². The normalized spacial score (nSPS) is 38.6. The van der Waals surface area contributed by atoms with Crippen LogP contribution in [0, 0.1) is 11.3 Å². The van der Waals surface area contributed by atoms with Crippen LogP contribution in [0.4, 0.5) is 0 Å². The summed E-state index contributed by atoms with van der Waals surface area (Å²) in [6, 6.07) is 0. The van der Waals surface area contributed by atoms with E-state index in [9.17, 15) is 9.90 Å². The number of Topliss-reactive ketones (excluding diaryl/α,β-unsaturated/α-hetero) is 1. The van der Waals surface area contributed by atoms with Crippen LogP contribution in [0.5, 0.6) is 0 Å². The van der Waals surface area contributed by atoms with Crippen molar-refractivity contribution >= 4 is 5.78 Å². The zero-order valence-corrected chi connectivity index (χ0v) is 8.79. The number of ketones is 1. The Balaban J connectivity index is 2.83. The maximum Gasteiger partial charge on any atom is 0.145 e. The summed E-state index contributed by atoms with van der Waals surface area (Å²) in [4.78, 5) is 11.8. The van der Waals surface area contributed by atoms with Gasteiger partial charge in [-0.1, -0.05) is 26.0 Å².